The summed E-state index contributed by atoms with van der Waals surface area (Å²) in [5, 5.41) is 7.70. The molecule has 1 aromatic heterocycles. The highest BCUT2D eigenvalue weighted by Crippen LogP contribution is 2.08. The maximum absolute atomic E-state index is 11.7. The zero-order valence-corrected chi connectivity index (χ0v) is 12.6. The van der Waals surface area contributed by atoms with E-state index in [4.69, 9.17) is 4.74 Å². The number of ether oxygens (including phenoxy) is 1. The minimum Gasteiger partial charge on any atom is -0.468 e. The van der Waals surface area contributed by atoms with Crippen molar-refractivity contribution in [3.05, 3.63) is 48.3 Å². The molecule has 0 amide bonds. The van der Waals surface area contributed by atoms with Gasteiger partial charge in [0.05, 0.1) is 18.5 Å². The summed E-state index contributed by atoms with van der Waals surface area (Å²) < 4.78 is 6.63. The van der Waals surface area contributed by atoms with Crippen LogP contribution >= 0.6 is 0 Å². The summed E-state index contributed by atoms with van der Waals surface area (Å²) in [6.07, 6.45) is 1.91. The molecule has 0 aliphatic carbocycles. The predicted molar refractivity (Wildman–Crippen MR) is 81.0 cm³/mol. The first-order valence-corrected chi connectivity index (χ1v) is 7.03. The second kappa shape index (κ2) is 7.04. The van der Waals surface area contributed by atoms with Crippen molar-refractivity contribution < 1.29 is 9.53 Å². The van der Waals surface area contributed by atoms with Crippen molar-refractivity contribution in [1.82, 2.24) is 15.1 Å². The fraction of sp³-hybridized carbons (Fsp3) is 0.375. The van der Waals surface area contributed by atoms with Crippen LogP contribution in [0.4, 0.5) is 0 Å². The van der Waals surface area contributed by atoms with Crippen molar-refractivity contribution in [1.29, 1.82) is 0 Å². The van der Waals surface area contributed by atoms with Crippen molar-refractivity contribution >= 4 is 5.97 Å². The van der Waals surface area contributed by atoms with Crippen molar-refractivity contribution in [2.45, 2.75) is 26.4 Å². The third-order valence-corrected chi connectivity index (χ3v) is 3.29. The summed E-state index contributed by atoms with van der Waals surface area (Å²) in [5.74, 6) is -0.0823. The highest BCUT2D eigenvalue weighted by molar-refractivity contribution is 5.75. The van der Waals surface area contributed by atoms with Gasteiger partial charge in [0, 0.05) is 12.7 Å². The van der Waals surface area contributed by atoms with Gasteiger partial charge in [-0.3, -0.25) is 10.1 Å². The average molecular weight is 287 g/mol. The second-order valence-electron chi connectivity index (χ2n) is 5.21. The van der Waals surface area contributed by atoms with Crippen molar-refractivity contribution in [2.24, 2.45) is 5.92 Å². The lowest BCUT2D eigenvalue weighted by Gasteiger charge is -2.19. The summed E-state index contributed by atoms with van der Waals surface area (Å²) >= 11 is 0. The van der Waals surface area contributed by atoms with E-state index in [1.54, 1.807) is 0 Å². The predicted octanol–water partition coefficient (Wildman–Crippen LogP) is 2.16. The van der Waals surface area contributed by atoms with Crippen LogP contribution in [0.5, 0.6) is 0 Å². The summed E-state index contributed by atoms with van der Waals surface area (Å²) in [6.45, 7) is 4.49. The molecule has 0 saturated heterocycles. The van der Waals surface area contributed by atoms with Gasteiger partial charge in [-0.05, 0) is 24.1 Å². The Balaban J connectivity index is 2.01. The van der Waals surface area contributed by atoms with Crippen LogP contribution in [0.25, 0.3) is 5.69 Å². The quantitative estimate of drug-likeness (QED) is 0.827. The lowest BCUT2D eigenvalue weighted by atomic mass is 10.0. The number of rotatable bonds is 6. The molecule has 21 heavy (non-hydrogen) atoms. The standard InChI is InChI=1S/C16H21N3O2/c1-12(2)15(16(20)21-3)17-11-13-9-10-19(18-13)14-7-5-4-6-8-14/h4-10,12,15,17H,11H2,1-3H3/t15-/m0/s1. The van der Waals surface area contributed by atoms with Gasteiger partial charge in [-0.1, -0.05) is 32.0 Å². The number of hydrogen-bond acceptors (Lipinski definition) is 4. The Morgan fingerprint density at radius 1 is 1.29 bits per heavy atom. The number of para-hydroxylation sites is 1. The van der Waals surface area contributed by atoms with Gasteiger partial charge >= 0.3 is 5.97 Å². The molecule has 0 unspecified atom stereocenters. The first kappa shape index (κ1) is 15.3. The molecule has 0 spiro atoms. The Morgan fingerprint density at radius 2 is 2.00 bits per heavy atom. The van der Waals surface area contributed by atoms with Crippen LogP contribution in [0.1, 0.15) is 19.5 Å². The van der Waals surface area contributed by atoms with Crippen LogP contribution in [0.3, 0.4) is 0 Å². The molecular weight excluding hydrogens is 266 g/mol. The molecule has 2 aromatic rings. The minimum absolute atomic E-state index is 0.161. The molecule has 5 heteroatoms. The van der Waals surface area contributed by atoms with Crippen LogP contribution in [0.2, 0.25) is 0 Å². The molecule has 1 atom stereocenters. The van der Waals surface area contributed by atoms with Crippen LogP contribution in [0.15, 0.2) is 42.6 Å². The van der Waals surface area contributed by atoms with Gasteiger partial charge in [-0.15, -0.1) is 0 Å². The zero-order valence-electron chi connectivity index (χ0n) is 12.6. The van der Waals surface area contributed by atoms with E-state index in [0.717, 1.165) is 11.4 Å². The molecular formula is C16H21N3O2. The largest absolute Gasteiger partial charge is 0.468 e. The number of hydrogen-bond donors (Lipinski definition) is 1. The van der Waals surface area contributed by atoms with Crippen LogP contribution in [0, 0.1) is 5.92 Å². The van der Waals surface area contributed by atoms with Gasteiger partial charge in [0.2, 0.25) is 0 Å². The van der Waals surface area contributed by atoms with E-state index >= 15 is 0 Å². The highest BCUT2D eigenvalue weighted by Gasteiger charge is 2.22. The summed E-state index contributed by atoms with van der Waals surface area (Å²) in [5.41, 5.74) is 1.89. The topological polar surface area (TPSA) is 56.1 Å². The monoisotopic (exact) mass is 287 g/mol. The maximum atomic E-state index is 11.7. The molecule has 2 rings (SSSR count). The molecule has 112 valence electrons. The fourth-order valence-electron chi connectivity index (χ4n) is 2.11. The maximum Gasteiger partial charge on any atom is 0.323 e. The molecule has 5 nitrogen and oxygen atoms in total. The molecule has 0 radical (unpaired) electrons. The van der Waals surface area contributed by atoms with E-state index < -0.39 is 0 Å². The molecule has 0 aliphatic heterocycles. The second-order valence-corrected chi connectivity index (χ2v) is 5.21. The number of esters is 1. The molecule has 1 N–H and O–H groups in total. The van der Waals surface area contributed by atoms with Crippen LogP contribution in [-0.4, -0.2) is 28.9 Å². The van der Waals surface area contributed by atoms with Gasteiger partial charge in [0.15, 0.2) is 0 Å². The summed E-state index contributed by atoms with van der Waals surface area (Å²) in [6, 6.07) is 11.5. The fourth-order valence-corrected chi connectivity index (χ4v) is 2.11. The highest BCUT2D eigenvalue weighted by atomic mass is 16.5. The van der Waals surface area contributed by atoms with E-state index in [1.165, 1.54) is 7.11 Å². The first-order valence-electron chi connectivity index (χ1n) is 7.03. The number of carbonyl (C=O) groups excluding carboxylic acids is 1. The Hall–Kier alpha value is -2.14. The van der Waals surface area contributed by atoms with E-state index in [0.29, 0.717) is 6.54 Å². The number of aromatic nitrogens is 2. The van der Waals surface area contributed by atoms with Gasteiger partial charge in [0.1, 0.15) is 6.04 Å². The normalized spacial score (nSPS) is 12.4. The SMILES string of the molecule is COC(=O)[C@@H](NCc1ccn(-c2ccccc2)n1)C(C)C. The lowest BCUT2D eigenvalue weighted by molar-refractivity contribution is -0.144. The van der Waals surface area contributed by atoms with Gasteiger partial charge in [-0.25, -0.2) is 4.68 Å². The molecule has 0 fully saturated rings. The van der Waals surface area contributed by atoms with Gasteiger partial charge in [0.25, 0.3) is 0 Å². The number of benzene rings is 1. The Kier molecular flexibility index (Phi) is 5.11. The van der Waals surface area contributed by atoms with E-state index in [1.807, 2.05) is 61.1 Å². The Bertz CT molecular complexity index is 578. The van der Waals surface area contributed by atoms with E-state index in [9.17, 15) is 4.79 Å². The summed E-state index contributed by atoms with van der Waals surface area (Å²) in [4.78, 5) is 11.7. The molecule has 0 bridgehead atoms. The number of methoxy groups -OCH3 is 1. The number of nitrogens with one attached hydrogen (secondary N) is 1. The van der Waals surface area contributed by atoms with E-state index in [2.05, 4.69) is 10.4 Å². The third-order valence-electron chi connectivity index (χ3n) is 3.29. The summed E-state index contributed by atoms with van der Waals surface area (Å²) in [7, 11) is 1.41. The van der Waals surface area contributed by atoms with Crippen molar-refractivity contribution in [3.8, 4) is 5.69 Å². The Morgan fingerprint density at radius 3 is 2.62 bits per heavy atom. The van der Waals surface area contributed by atoms with Gasteiger partial charge in [-0.2, -0.15) is 5.10 Å². The van der Waals surface area contributed by atoms with Crippen LogP contribution < -0.4 is 5.32 Å². The number of carbonyl (C=O) groups is 1. The lowest BCUT2D eigenvalue weighted by Crippen LogP contribution is -2.41. The first-order chi connectivity index (χ1) is 10.1. The smallest absolute Gasteiger partial charge is 0.323 e. The molecule has 0 aliphatic rings. The average Bonchev–Trinajstić information content (AvgIpc) is 2.96. The minimum atomic E-state index is -0.322. The van der Waals surface area contributed by atoms with Crippen molar-refractivity contribution in [3.63, 3.8) is 0 Å². The van der Waals surface area contributed by atoms with Gasteiger partial charge < -0.3 is 4.74 Å². The zero-order chi connectivity index (χ0) is 15.2. The van der Waals surface area contributed by atoms with Crippen molar-refractivity contribution in [2.75, 3.05) is 7.11 Å². The molecule has 0 saturated carbocycles. The van der Waals surface area contributed by atoms with E-state index in [-0.39, 0.29) is 17.9 Å². The molecule has 1 heterocycles. The number of nitrogens with zero attached hydrogens (tertiary/aromatic N) is 2. The Labute approximate surface area is 124 Å². The molecule has 1 aromatic carbocycles. The third kappa shape index (κ3) is 3.92. The van der Waals surface area contributed by atoms with Crippen LogP contribution in [-0.2, 0) is 16.1 Å².